The van der Waals surface area contributed by atoms with Crippen molar-refractivity contribution in [1.29, 1.82) is 0 Å². The second-order valence-electron chi connectivity index (χ2n) is 8.23. The molecule has 0 saturated carbocycles. The number of nitrogens with one attached hydrogen (secondary N) is 1. The van der Waals surface area contributed by atoms with Gasteiger partial charge in [-0.25, -0.2) is 4.98 Å². The van der Waals surface area contributed by atoms with Crippen molar-refractivity contribution in [2.75, 3.05) is 57.8 Å². The number of hydrogen-bond acceptors (Lipinski definition) is 7. The Morgan fingerprint density at radius 3 is 2.52 bits per heavy atom. The number of aromatic nitrogens is 1. The number of carbonyl (C=O) groups is 1. The van der Waals surface area contributed by atoms with Crippen molar-refractivity contribution >= 4 is 22.9 Å². The van der Waals surface area contributed by atoms with Gasteiger partial charge in [-0.1, -0.05) is 18.2 Å². The minimum atomic E-state index is -0.504. The lowest BCUT2D eigenvalue weighted by Gasteiger charge is -2.35. The van der Waals surface area contributed by atoms with Crippen molar-refractivity contribution in [1.82, 2.24) is 14.8 Å². The number of aliphatic hydroxyl groups is 1. The zero-order valence-electron chi connectivity index (χ0n) is 18.8. The van der Waals surface area contributed by atoms with Crippen LogP contribution in [0.2, 0.25) is 0 Å². The summed E-state index contributed by atoms with van der Waals surface area (Å²) < 4.78 is 5.62. The molecule has 2 N–H and O–H groups in total. The van der Waals surface area contributed by atoms with E-state index in [0.29, 0.717) is 26.3 Å². The van der Waals surface area contributed by atoms with Crippen LogP contribution in [0.25, 0.3) is 0 Å². The van der Waals surface area contributed by atoms with E-state index in [1.807, 2.05) is 39.0 Å². The third-order valence-electron chi connectivity index (χ3n) is 5.53. The van der Waals surface area contributed by atoms with Crippen LogP contribution in [0, 0.1) is 20.8 Å². The summed E-state index contributed by atoms with van der Waals surface area (Å²) in [6, 6.07) is 6.02. The van der Waals surface area contributed by atoms with Crippen molar-refractivity contribution in [3.05, 3.63) is 45.4 Å². The number of amides is 1. The zero-order valence-corrected chi connectivity index (χ0v) is 19.6. The fraction of sp³-hybridized carbons (Fsp3) is 0.565. The van der Waals surface area contributed by atoms with Crippen LogP contribution in [0.1, 0.15) is 21.8 Å². The first-order chi connectivity index (χ1) is 14.9. The first-order valence-corrected chi connectivity index (χ1v) is 11.8. The van der Waals surface area contributed by atoms with Gasteiger partial charge in [-0.15, -0.1) is 11.3 Å². The maximum absolute atomic E-state index is 12.5. The summed E-state index contributed by atoms with van der Waals surface area (Å²) in [5.41, 5.74) is 4.13. The van der Waals surface area contributed by atoms with Crippen LogP contribution >= 0.6 is 11.3 Å². The lowest BCUT2D eigenvalue weighted by atomic mass is 10.1. The van der Waals surface area contributed by atoms with Crippen molar-refractivity contribution in [2.24, 2.45) is 0 Å². The number of carbonyl (C=O) groups excluding carboxylic acids is 1. The van der Waals surface area contributed by atoms with E-state index in [-0.39, 0.29) is 5.91 Å². The molecule has 0 spiro atoms. The molecule has 170 valence electrons. The van der Waals surface area contributed by atoms with Gasteiger partial charge in [0.05, 0.1) is 36.6 Å². The zero-order chi connectivity index (χ0) is 22.2. The molecule has 1 aromatic heterocycles. The molecule has 31 heavy (non-hydrogen) atoms. The Morgan fingerprint density at radius 1 is 1.19 bits per heavy atom. The number of benzene rings is 1. The number of piperazine rings is 1. The maximum Gasteiger partial charge on any atom is 0.238 e. The highest BCUT2D eigenvalue weighted by Gasteiger charge is 2.21. The Kier molecular flexibility index (Phi) is 8.98. The molecule has 1 aliphatic heterocycles. The van der Waals surface area contributed by atoms with Crippen LogP contribution in [-0.4, -0.2) is 84.4 Å². The number of aliphatic hydroxyl groups excluding tert-OH is 1. The second-order valence-corrected chi connectivity index (χ2v) is 9.29. The van der Waals surface area contributed by atoms with E-state index in [4.69, 9.17) is 4.74 Å². The van der Waals surface area contributed by atoms with Crippen molar-refractivity contribution in [3.8, 4) is 0 Å². The Morgan fingerprint density at radius 2 is 1.87 bits per heavy atom. The fourth-order valence-electron chi connectivity index (χ4n) is 3.79. The van der Waals surface area contributed by atoms with Crippen LogP contribution in [0.4, 0.5) is 5.69 Å². The maximum atomic E-state index is 12.5. The molecule has 2 heterocycles. The van der Waals surface area contributed by atoms with Crippen LogP contribution in [-0.2, 0) is 16.0 Å². The number of ether oxygens (including phenoxy) is 1. The average molecular weight is 447 g/mol. The smallest absolute Gasteiger partial charge is 0.238 e. The molecular weight excluding hydrogens is 412 g/mol. The number of β-amino-alcohol motifs (C(OH)–C–C–N with tert-alkyl or cyclic N) is 1. The van der Waals surface area contributed by atoms with Crippen LogP contribution < -0.4 is 5.32 Å². The fourth-order valence-corrected chi connectivity index (χ4v) is 4.44. The largest absolute Gasteiger partial charge is 0.389 e. The predicted octanol–water partition coefficient (Wildman–Crippen LogP) is 2.24. The monoisotopic (exact) mass is 446 g/mol. The van der Waals surface area contributed by atoms with E-state index in [2.05, 4.69) is 25.5 Å². The first kappa shape index (κ1) is 23.8. The number of hydrogen-bond donors (Lipinski definition) is 2. The molecule has 1 aromatic carbocycles. The molecule has 0 bridgehead atoms. The molecule has 1 unspecified atom stereocenters. The topological polar surface area (TPSA) is 77.9 Å². The van der Waals surface area contributed by atoms with E-state index in [1.165, 1.54) is 0 Å². The predicted molar refractivity (Wildman–Crippen MR) is 125 cm³/mol. The molecule has 0 radical (unpaired) electrons. The summed E-state index contributed by atoms with van der Waals surface area (Å²) in [6.07, 6.45) is 0.274. The summed E-state index contributed by atoms with van der Waals surface area (Å²) in [4.78, 5) is 21.3. The van der Waals surface area contributed by atoms with Crippen molar-refractivity contribution in [3.63, 3.8) is 0 Å². The average Bonchev–Trinajstić information content (AvgIpc) is 3.15. The molecule has 2 aromatic rings. The lowest BCUT2D eigenvalue weighted by molar-refractivity contribution is -0.117. The van der Waals surface area contributed by atoms with Gasteiger partial charge in [0, 0.05) is 50.2 Å². The third kappa shape index (κ3) is 7.66. The van der Waals surface area contributed by atoms with Gasteiger partial charge >= 0.3 is 0 Å². The highest BCUT2D eigenvalue weighted by Crippen LogP contribution is 2.19. The summed E-state index contributed by atoms with van der Waals surface area (Å²) >= 11 is 1.65. The number of para-hydroxylation sites is 1. The standard InChI is InChI=1S/C23H34N4O3S/c1-17-5-4-6-18(2)23(17)25-22(29)14-27-10-8-26(9-11-27)13-21(28)15-30-12-7-20-16-31-19(3)24-20/h4-6,16,21,28H,7-15H2,1-3H3,(H,25,29). The highest BCUT2D eigenvalue weighted by atomic mass is 32.1. The van der Waals surface area contributed by atoms with Gasteiger partial charge in [0.2, 0.25) is 5.91 Å². The minimum absolute atomic E-state index is 0.0228. The first-order valence-electron chi connectivity index (χ1n) is 10.9. The molecule has 1 saturated heterocycles. The van der Waals surface area contributed by atoms with Gasteiger partial charge in [-0.3, -0.25) is 14.6 Å². The Balaban J connectivity index is 1.30. The van der Waals surface area contributed by atoms with Crippen LogP contribution in [0.15, 0.2) is 23.6 Å². The molecule has 1 atom stereocenters. The van der Waals surface area contributed by atoms with Gasteiger partial charge < -0.3 is 15.2 Å². The molecule has 3 rings (SSSR count). The summed E-state index contributed by atoms with van der Waals surface area (Å²) in [5, 5.41) is 16.4. The SMILES string of the molecule is Cc1nc(CCOCC(O)CN2CCN(CC(=O)Nc3c(C)cccc3C)CC2)cs1. The number of rotatable bonds is 10. The van der Waals surface area contributed by atoms with E-state index < -0.39 is 6.10 Å². The number of nitrogens with zero attached hydrogens (tertiary/aromatic N) is 3. The van der Waals surface area contributed by atoms with E-state index in [1.54, 1.807) is 11.3 Å². The molecule has 7 nitrogen and oxygen atoms in total. The molecular formula is C23H34N4O3S. The van der Waals surface area contributed by atoms with Gasteiger partial charge in [-0.05, 0) is 31.9 Å². The van der Waals surface area contributed by atoms with E-state index >= 15 is 0 Å². The summed E-state index contributed by atoms with van der Waals surface area (Å²) in [5.74, 6) is 0.0228. The molecule has 8 heteroatoms. The van der Waals surface area contributed by atoms with Crippen molar-refractivity contribution in [2.45, 2.75) is 33.3 Å². The van der Waals surface area contributed by atoms with Crippen molar-refractivity contribution < 1.29 is 14.6 Å². The lowest BCUT2D eigenvalue weighted by Crippen LogP contribution is -2.50. The Labute approximate surface area is 189 Å². The summed E-state index contributed by atoms with van der Waals surface area (Å²) in [7, 11) is 0. The third-order valence-corrected chi connectivity index (χ3v) is 6.35. The molecule has 1 aliphatic rings. The van der Waals surface area contributed by atoms with Gasteiger partial charge in [-0.2, -0.15) is 0 Å². The Hall–Kier alpha value is -1.84. The molecule has 1 fully saturated rings. The minimum Gasteiger partial charge on any atom is -0.389 e. The van der Waals surface area contributed by atoms with Crippen LogP contribution in [0.5, 0.6) is 0 Å². The molecule has 0 aliphatic carbocycles. The number of thiazole rings is 1. The highest BCUT2D eigenvalue weighted by molar-refractivity contribution is 7.09. The molecule has 1 amide bonds. The normalized spacial score (nSPS) is 16.4. The van der Waals surface area contributed by atoms with Crippen LogP contribution in [0.3, 0.4) is 0 Å². The quantitative estimate of drug-likeness (QED) is 0.545. The van der Waals surface area contributed by atoms with Gasteiger partial charge in [0.15, 0.2) is 0 Å². The van der Waals surface area contributed by atoms with Gasteiger partial charge in [0.1, 0.15) is 0 Å². The van der Waals surface area contributed by atoms with Gasteiger partial charge in [0.25, 0.3) is 0 Å². The number of aryl methyl sites for hydroxylation is 3. The second kappa shape index (κ2) is 11.7. The number of anilines is 1. The van der Waals surface area contributed by atoms with E-state index in [9.17, 15) is 9.90 Å². The summed E-state index contributed by atoms with van der Waals surface area (Å²) in [6.45, 7) is 11.2. The van der Waals surface area contributed by atoms with E-state index in [0.717, 1.165) is 60.1 Å². The Bertz CT molecular complexity index is 829.